The molecular weight excluding hydrogens is 568 g/mol. The first-order valence-electron chi connectivity index (χ1n) is 17.0. The molecule has 2 aromatic rings. The predicted molar refractivity (Wildman–Crippen MR) is 177 cm³/mol. The first kappa shape index (κ1) is 34.6. The molecule has 0 N–H and O–H groups in total. The summed E-state index contributed by atoms with van der Waals surface area (Å²) in [6.45, 7) is 8.85. The van der Waals surface area contributed by atoms with E-state index in [1.165, 1.54) is 0 Å². The van der Waals surface area contributed by atoms with Crippen molar-refractivity contribution in [2.24, 2.45) is 5.41 Å². The van der Waals surface area contributed by atoms with Gasteiger partial charge in [0.25, 0.3) is 0 Å². The SMILES string of the molecule is CCCCCOc1c2c(c(OCCCCC)c(OC)c1OC)CN(C)C(CCCC(C#N)(CC)C1COc3ccccc3O1)C2. The lowest BCUT2D eigenvalue weighted by molar-refractivity contribution is 0.00868. The number of benzene rings is 2. The van der Waals surface area contributed by atoms with E-state index in [0.717, 1.165) is 99.1 Å². The van der Waals surface area contributed by atoms with E-state index in [-0.39, 0.29) is 12.1 Å². The van der Waals surface area contributed by atoms with Gasteiger partial charge in [-0.3, -0.25) is 4.90 Å². The summed E-state index contributed by atoms with van der Waals surface area (Å²) in [4.78, 5) is 2.41. The van der Waals surface area contributed by atoms with Crippen LogP contribution in [0, 0.1) is 16.7 Å². The number of methoxy groups -OCH3 is 2. The van der Waals surface area contributed by atoms with Gasteiger partial charge in [0.05, 0.1) is 38.9 Å². The molecule has 2 heterocycles. The topological polar surface area (TPSA) is 82.4 Å². The van der Waals surface area contributed by atoms with Crippen molar-refractivity contribution in [1.29, 1.82) is 5.26 Å². The number of likely N-dealkylation sites (N-methyl/N-ethyl adjacent to an activating group) is 1. The average molecular weight is 623 g/mol. The third-order valence-electron chi connectivity index (χ3n) is 9.54. The molecule has 0 aliphatic carbocycles. The van der Waals surface area contributed by atoms with E-state index in [1.807, 2.05) is 24.3 Å². The summed E-state index contributed by atoms with van der Waals surface area (Å²) in [5.41, 5.74) is 1.66. The Hall–Kier alpha value is -3.31. The largest absolute Gasteiger partial charge is 0.490 e. The molecule has 0 fully saturated rings. The van der Waals surface area contributed by atoms with Gasteiger partial charge in [0, 0.05) is 23.7 Å². The van der Waals surface area contributed by atoms with Crippen molar-refractivity contribution in [2.75, 3.05) is 41.1 Å². The number of rotatable bonds is 18. The summed E-state index contributed by atoms with van der Waals surface area (Å²) >= 11 is 0. The number of hydrogen-bond acceptors (Lipinski definition) is 8. The first-order chi connectivity index (χ1) is 22.0. The second kappa shape index (κ2) is 16.8. The highest BCUT2D eigenvalue weighted by Crippen LogP contribution is 2.52. The summed E-state index contributed by atoms with van der Waals surface area (Å²) < 4.78 is 37.2. The second-order valence-corrected chi connectivity index (χ2v) is 12.4. The van der Waals surface area contributed by atoms with Gasteiger partial charge in [-0.15, -0.1) is 0 Å². The highest BCUT2D eigenvalue weighted by molar-refractivity contribution is 5.68. The predicted octanol–water partition coefficient (Wildman–Crippen LogP) is 8.13. The van der Waals surface area contributed by atoms with Gasteiger partial charge in [0.1, 0.15) is 6.61 Å². The van der Waals surface area contributed by atoms with Crippen LogP contribution in [-0.4, -0.2) is 58.1 Å². The Labute approximate surface area is 270 Å². The molecule has 0 aromatic heterocycles. The molecule has 248 valence electrons. The Morgan fingerprint density at radius 2 is 1.49 bits per heavy atom. The smallest absolute Gasteiger partial charge is 0.207 e. The van der Waals surface area contributed by atoms with Gasteiger partial charge < -0.3 is 28.4 Å². The molecule has 0 saturated carbocycles. The number of ether oxygens (including phenoxy) is 6. The Morgan fingerprint density at radius 1 is 0.867 bits per heavy atom. The third kappa shape index (κ3) is 7.92. The van der Waals surface area contributed by atoms with Crippen LogP contribution in [0.1, 0.15) is 96.1 Å². The van der Waals surface area contributed by atoms with Crippen LogP contribution >= 0.6 is 0 Å². The highest BCUT2D eigenvalue weighted by Gasteiger charge is 2.42. The molecule has 2 aliphatic rings. The summed E-state index contributed by atoms with van der Waals surface area (Å²) in [5, 5.41) is 10.4. The molecule has 0 saturated heterocycles. The Balaban J connectivity index is 1.56. The zero-order valence-electron chi connectivity index (χ0n) is 28.4. The van der Waals surface area contributed by atoms with Gasteiger partial charge >= 0.3 is 0 Å². The van der Waals surface area contributed by atoms with Crippen molar-refractivity contribution in [3.05, 3.63) is 35.4 Å². The number of nitriles is 1. The van der Waals surface area contributed by atoms with E-state index in [1.54, 1.807) is 14.2 Å². The van der Waals surface area contributed by atoms with Gasteiger partial charge in [-0.1, -0.05) is 65.0 Å². The van der Waals surface area contributed by atoms with Crippen LogP contribution in [0.25, 0.3) is 0 Å². The van der Waals surface area contributed by atoms with Crippen molar-refractivity contribution in [3.63, 3.8) is 0 Å². The van der Waals surface area contributed by atoms with Crippen LogP contribution in [-0.2, 0) is 13.0 Å². The minimum atomic E-state index is -0.623. The fraction of sp³-hybridized carbons (Fsp3) is 0.649. The lowest BCUT2D eigenvalue weighted by Gasteiger charge is -2.39. The van der Waals surface area contributed by atoms with Crippen LogP contribution < -0.4 is 28.4 Å². The molecule has 2 aliphatic heterocycles. The summed E-state index contributed by atoms with van der Waals surface area (Å²) in [6.07, 6.45) is 10.3. The third-order valence-corrected chi connectivity index (χ3v) is 9.54. The molecule has 2 aromatic carbocycles. The van der Waals surface area contributed by atoms with Gasteiger partial charge in [-0.25, -0.2) is 0 Å². The molecule has 0 radical (unpaired) electrons. The average Bonchev–Trinajstić information content (AvgIpc) is 3.07. The van der Waals surface area contributed by atoms with E-state index in [2.05, 4.69) is 38.8 Å². The molecule has 0 spiro atoms. The summed E-state index contributed by atoms with van der Waals surface area (Å²) in [7, 11) is 5.53. The van der Waals surface area contributed by atoms with Gasteiger partial charge in [0.2, 0.25) is 11.5 Å². The first-order valence-corrected chi connectivity index (χ1v) is 17.0. The molecule has 3 unspecified atom stereocenters. The second-order valence-electron chi connectivity index (χ2n) is 12.4. The number of hydrogen-bond donors (Lipinski definition) is 0. The summed E-state index contributed by atoms with van der Waals surface area (Å²) in [6, 6.07) is 10.6. The number of nitrogens with zero attached hydrogens (tertiary/aromatic N) is 2. The van der Waals surface area contributed by atoms with Gasteiger partial charge in [-0.05, 0) is 57.7 Å². The number of para-hydroxylation sites is 2. The highest BCUT2D eigenvalue weighted by atomic mass is 16.6. The van der Waals surface area contributed by atoms with Gasteiger partial charge in [0.15, 0.2) is 29.1 Å². The normalized spacial score (nSPS) is 18.8. The van der Waals surface area contributed by atoms with Crippen molar-refractivity contribution >= 4 is 0 Å². The number of unbranched alkanes of at least 4 members (excludes halogenated alkanes) is 4. The fourth-order valence-electron chi connectivity index (χ4n) is 6.68. The lowest BCUT2D eigenvalue weighted by atomic mass is 9.75. The molecule has 0 bridgehead atoms. The lowest BCUT2D eigenvalue weighted by Crippen LogP contribution is -2.44. The van der Waals surface area contributed by atoms with Crippen molar-refractivity contribution < 1.29 is 28.4 Å². The van der Waals surface area contributed by atoms with E-state index >= 15 is 0 Å². The Bertz CT molecular complexity index is 1280. The van der Waals surface area contributed by atoms with Crippen molar-refractivity contribution in [2.45, 2.75) is 110 Å². The molecular formula is C37H54N2O6. The van der Waals surface area contributed by atoms with Crippen molar-refractivity contribution in [1.82, 2.24) is 4.90 Å². The van der Waals surface area contributed by atoms with E-state index in [4.69, 9.17) is 28.4 Å². The van der Waals surface area contributed by atoms with Crippen LogP contribution in [0.3, 0.4) is 0 Å². The fourth-order valence-corrected chi connectivity index (χ4v) is 6.68. The number of fused-ring (bicyclic) bond motifs is 2. The van der Waals surface area contributed by atoms with Gasteiger partial charge in [-0.2, -0.15) is 5.26 Å². The standard InChI is InChI=1S/C37H54N2O6/c1-7-10-14-21-42-33-28-23-27(39(4)24-29(28)34(43-22-15-11-8-2)36(41-6)35(33)40-5)17-16-20-37(9-3,26-38)32-25-44-30-18-12-13-19-31(30)45-32/h12-13,18-19,27,32H,7-11,14-17,20-25H2,1-6H3. The van der Waals surface area contributed by atoms with Crippen LogP contribution in [0.2, 0.25) is 0 Å². The molecule has 3 atom stereocenters. The van der Waals surface area contributed by atoms with Crippen LogP contribution in [0.15, 0.2) is 24.3 Å². The van der Waals surface area contributed by atoms with Crippen LogP contribution in [0.4, 0.5) is 0 Å². The zero-order valence-corrected chi connectivity index (χ0v) is 28.4. The van der Waals surface area contributed by atoms with E-state index in [9.17, 15) is 5.26 Å². The zero-order chi connectivity index (χ0) is 32.2. The van der Waals surface area contributed by atoms with Crippen LogP contribution in [0.5, 0.6) is 34.5 Å². The monoisotopic (exact) mass is 622 g/mol. The van der Waals surface area contributed by atoms with E-state index < -0.39 is 5.41 Å². The quantitative estimate of drug-likeness (QED) is 0.154. The minimum absolute atomic E-state index is 0.277. The maximum absolute atomic E-state index is 10.4. The minimum Gasteiger partial charge on any atom is -0.490 e. The molecule has 8 nitrogen and oxygen atoms in total. The molecule has 4 rings (SSSR count). The maximum atomic E-state index is 10.4. The van der Waals surface area contributed by atoms with E-state index in [0.29, 0.717) is 43.5 Å². The summed E-state index contributed by atoms with van der Waals surface area (Å²) in [5.74, 6) is 4.25. The molecule has 45 heavy (non-hydrogen) atoms. The maximum Gasteiger partial charge on any atom is 0.207 e. The van der Waals surface area contributed by atoms with Crippen molar-refractivity contribution in [3.8, 4) is 40.6 Å². The Morgan fingerprint density at radius 3 is 2.07 bits per heavy atom. The Kier molecular flexibility index (Phi) is 12.9. The molecule has 0 amide bonds. The molecule has 8 heteroatoms.